The lowest BCUT2D eigenvalue weighted by atomic mass is 9.97. The summed E-state index contributed by atoms with van der Waals surface area (Å²) in [4.78, 5) is 31.4. The van der Waals surface area contributed by atoms with Gasteiger partial charge in [0.2, 0.25) is 5.91 Å². The maximum absolute atomic E-state index is 10.8. The van der Waals surface area contributed by atoms with Gasteiger partial charge in [-0.1, -0.05) is 0 Å². The summed E-state index contributed by atoms with van der Waals surface area (Å²) in [5, 5.41) is 66.3. The normalized spacial score (nSPS) is 28.0. The van der Waals surface area contributed by atoms with Crippen molar-refractivity contribution >= 4 is 39.0 Å². The highest BCUT2D eigenvalue weighted by Gasteiger charge is 2.44. The molecule has 1 rings (SSSR count). The zero-order valence-corrected chi connectivity index (χ0v) is 19.5. The van der Waals surface area contributed by atoms with Crippen molar-refractivity contribution in [3.8, 4) is 0 Å². The number of aldehydes is 1. The molecule has 1 aliphatic heterocycles. The van der Waals surface area contributed by atoms with E-state index in [0.29, 0.717) is 0 Å². The number of carboxylic acid groups (broad SMARTS) is 1. The topological polar surface area (TPSA) is 341 Å². The van der Waals surface area contributed by atoms with Crippen molar-refractivity contribution in [2.24, 2.45) is 0 Å². The zero-order chi connectivity index (χ0) is 28.6. The Morgan fingerprint density at radius 3 is 1.92 bits per heavy atom. The standard InChI is InChI=1S/C8H15NO9S.C6H10O10S/c1-3(10)9-5-7(12)6(11)4(18-8(5)13)2-17-19(14,15)16;7-1-2(16-17(13,14)15)3(8)4(9)5(10)6(11)12/h4-8,11-13H,2H2,1H3,(H,9,10)(H,14,15,16);1-5,8-10H,(H,11,12)(H,13,14,15)/t4-,5-,6+,7-,8?;/m1./s1. The number of nitrogens with one attached hydrogen (secondary N) is 1. The lowest BCUT2D eigenvalue weighted by Crippen LogP contribution is -2.64. The Balaban J connectivity index is 0.000000686. The number of amides is 1. The van der Waals surface area contributed by atoms with Crippen molar-refractivity contribution in [3.63, 3.8) is 0 Å². The van der Waals surface area contributed by atoms with Crippen molar-refractivity contribution in [3.05, 3.63) is 0 Å². The Bertz CT molecular complexity index is 953. The van der Waals surface area contributed by atoms with E-state index in [0.717, 1.165) is 6.92 Å². The van der Waals surface area contributed by atoms with E-state index in [-0.39, 0.29) is 6.29 Å². The second kappa shape index (κ2) is 14.1. The highest BCUT2D eigenvalue weighted by molar-refractivity contribution is 7.81. The highest BCUT2D eigenvalue weighted by atomic mass is 32.3. The summed E-state index contributed by atoms with van der Waals surface area (Å²) in [5.41, 5.74) is 0. The van der Waals surface area contributed by atoms with Crippen LogP contribution >= 0.6 is 0 Å². The van der Waals surface area contributed by atoms with E-state index in [9.17, 15) is 46.5 Å². The third-order valence-corrected chi connectivity index (χ3v) is 5.00. The number of rotatable bonds is 11. The van der Waals surface area contributed by atoms with Crippen LogP contribution in [0.1, 0.15) is 6.92 Å². The first kappa shape index (κ1) is 34.1. The van der Waals surface area contributed by atoms with Crippen LogP contribution in [0.15, 0.2) is 0 Å². The number of hydrogen-bond acceptors (Lipinski definition) is 16. The Kier molecular flexibility index (Phi) is 13.4. The third-order valence-electron chi connectivity index (χ3n) is 4.10. The first-order valence-electron chi connectivity index (χ1n) is 9.18. The molecule has 212 valence electrons. The molecule has 0 aromatic carbocycles. The quantitative estimate of drug-likeness (QED) is 0.0807. The molecule has 22 heteroatoms. The van der Waals surface area contributed by atoms with Crippen LogP contribution in [0.3, 0.4) is 0 Å². The molecule has 0 radical (unpaired) electrons. The number of aliphatic hydroxyl groups excluding tert-OH is 6. The minimum absolute atomic E-state index is 0.295. The summed E-state index contributed by atoms with van der Waals surface area (Å²) in [6.45, 7) is 0.334. The molecule has 5 unspecified atom stereocenters. The van der Waals surface area contributed by atoms with Gasteiger partial charge in [-0.25, -0.2) is 13.2 Å². The molecule has 0 spiro atoms. The van der Waals surface area contributed by atoms with Crippen molar-refractivity contribution in [1.82, 2.24) is 5.32 Å². The Labute approximate surface area is 202 Å². The SMILES string of the molecule is CC(=O)N[C@H]1C(O)O[C@H](COS(=O)(=O)O)[C@H](O)[C@@H]1O.O=CC(OS(=O)(=O)O)C(O)C(O)C(O)C(=O)O. The second-order valence-corrected chi connectivity index (χ2v) is 9.01. The molecule has 1 saturated heterocycles. The van der Waals surface area contributed by atoms with E-state index in [1.54, 1.807) is 0 Å². The molecule has 20 nitrogen and oxygen atoms in total. The summed E-state index contributed by atoms with van der Waals surface area (Å²) in [7, 11) is -9.83. The Hall–Kier alpha value is -1.93. The molecular weight excluding hydrogens is 550 g/mol. The van der Waals surface area contributed by atoms with E-state index in [4.69, 9.17) is 34.3 Å². The summed E-state index contributed by atoms with van der Waals surface area (Å²) in [6, 6.07) is -1.27. The predicted molar refractivity (Wildman–Crippen MR) is 106 cm³/mol. The number of ether oxygens (including phenoxy) is 1. The van der Waals surface area contributed by atoms with Gasteiger partial charge < -0.3 is 50.6 Å². The molecule has 1 heterocycles. The van der Waals surface area contributed by atoms with Crippen LogP contribution in [0, 0.1) is 0 Å². The van der Waals surface area contributed by atoms with Gasteiger partial charge in [-0.3, -0.25) is 13.9 Å². The summed E-state index contributed by atoms with van der Waals surface area (Å²) in [5.74, 6) is -2.47. The van der Waals surface area contributed by atoms with Crippen LogP contribution in [0.25, 0.3) is 0 Å². The lowest BCUT2D eigenvalue weighted by molar-refractivity contribution is -0.252. The zero-order valence-electron chi connectivity index (χ0n) is 17.9. The molecule has 36 heavy (non-hydrogen) atoms. The van der Waals surface area contributed by atoms with Crippen LogP contribution in [-0.2, 0) is 48.3 Å². The van der Waals surface area contributed by atoms with Gasteiger partial charge in [-0.05, 0) is 0 Å². The van der Waals surface area contributed by atoms with Crippen LogP contribution in [0.4, 0.5) is 0 Å². The van der Waals surface area contributed by atoms with Gasteiger partial charge >= 0.3 is 26.8 Å². The van der Waals surface area contributed by atoms with Gasteiger partial charge in [0.25, 0.3) is 0 Å². The van der Waals surface area contributed by atoms with E-state index < -0.39 is 94.3 Å². The largest absolute Gasteiger partial charge is 0.479 e. The van der Waals surface area contributed by atoms with E-state index >= 15 is 0 Å². The van der Waals surface area contributed by atoms with Crippen molar-refractivity contribution in [2.45, 2.75) is 62.0 Å². The fraction of sp³-hybridized carbons (Fsp3) is 0.786. The number of carbonyl (C=O) groups is 3. The molecule has 0 aromatic rings. The second-order valence-electron chi connectivity index (χ2n) is 6.87. The maximum atomic E-state index is 10.8. The maximum Gasteiger partial charge on any atom is 0.398 e. The van der Waals surface area contributed by atoms with Gasteiger partial charge in [0.1, 0.15) is 36.6 Å². The third kappa shape index (κ3) is 11.9. The summed E-state index contributed by atoms with van der Waals surface area (Å²) in [6.07, 6.45) is -16.0. The van der Waals surface area contributed by atoms with Crippen LogP contribution in [0.2, 0.25) is 0 Å². The van der Waals surface area contributed by atoms with Gasteiger partial charge in [0.05, 0.1) is 6.61 Å². The first-order chi connectivity index (χ1) is 16.2. The van der Waals surface area contributed by atoms with Gasteiger partial charge in [0.15, 0.2) is 24.8 Å². The molecule has 0 bridgehead atoms. The predicted octanol–water partition coefficient (Wildman–Crippen LogP) is -6.71. The smallest absolute Gasteiger partial charge is 0.398 e. The van der Waals surface area contributed by atoms with Crippen molar-refractivity contribution in [1.29, 1.82) is 0 Å². The lowest BCUT2D eigenvalue weighted by Gasteiger charge is -2.40. The number of hydrogen-bond donors (Lipinski definition) is 10. The molecule has 1 fully saturated rings. The van der Waals surface area contributed by atoms with Crippen molar-refractivity contribution < 1.29 is 89.2 Å². The molecular formula is C14H25NO19S2. The monoisotopic (exact) mass is 575 g/mol. The molecule has 1 aliphatic rings. The molecule has 0 aliphatic carbocycles. The minimum atomic E-state index is -5.09. The van der Waals surface area contributed by atoms with E-state index in [2.05, 4.69) is 13.7 Å². The molecule has 9 atom stereocenters. The first-order valence-corrected chi connectivity index (χ1v) is 11.9. The van der Waals surface area contributed by atoms with Crippen LogP contribution in [0.5, 0.6) is 0 Å². The summed E-state index contributed by atoms with van der Waals surface area (Å²) >= 11 is 0. The van der Waals surface area contributed by atoms with E-state index in [1.807, 2.05) is 0 Å². The van der Waals surface area contributed by atoms with Crippen LogP contribution in [-0.4, -0.2) is 142 Å². The average Bonchev–Trinajstić information content (AvgIpc) is 2.74. The fourth-order valence-electron chi connectivity index (χ4n) is 2.46. The van der Waals surface area contributed by atoms with Crippen LogP contribution < -0.4 is 5.32 Å². The Morgan fingerprint density at radius 1 is 1.00 bits per heavy atom. The molecule has 10 N–H and O–H groups in total. The Morgan fingerprint density at radius 2 is 1.53 bits per heavy atom. The number of aliphatic hydroxyl groups is 6. The van der Waals surface area contributed by atoms with Gasteiger partial charge in [-0.2, -0.15) is 16.8 Å². The minimum Gasteiger partial charge on any atom is -0.479 e. The number of aliphatic carboxylic acids is 1. The molecule has 0 saturated carbocycles. The molecule has 0 aromatic heterocycles. The summed E-state index contributed by atoms with van der Waals surface area (Å²) < 4.78 is 70.2. The van der Waals surface area contributed by atoms with E-state index in [1.165, 1.54) is 0 Å². The average molecular weight is 575 g/mol. The number of carbonyl (C=O) groups excluding carboxylic acids is 2. The van der Waals surface area contributed by atoms with Gasteiger partial charge in [0, 0.05) is 6.92 Å². The fourth-order valence-corrected chi connectivity index (χ4v) is 3.20. The highest BCUT2D eigenvalue weighted by Crippen LogP contribution is 2.20. The number of carboxylic acids is 1. The molecule has 1 amide bonds. The van der Waals surface area contributed by atoms with Gasteiger partial charge in [-0.15, -0.1) is 0 Å². The van der Waals surface area contributed by atoms with Crippen molar-refractivity contribution in [2.75, 3.05) is 6.61 Å².